The molecule has 4 aromatic rings. The van der Waals surface area contributed by atoms with Crippen LogP contribution in [0.15, 0.2) is 54.7 Å². The van der Waals surface area contributed by atoms with E-state index in [0.29, 0.717) is 31.5 Å². The number of nitrogens with zero attached hydrogens (tertiary/aromatic N) is 3. The molecule has 2 aromatic heterocycles. The SMILES string of the molecule is CC(C)n1cc(CC(=O)NCCc2nc3ccccc3n2C(C)C)c2ccccc21. The fourth-order valence-corrected chi connectivity index (χ4v) is 4.24. The zero-order chi connectivity index (χ0) is 21.3. The molecule has 0 aliphatic carbocycles. The van der Waals surface area contributed by atoms with Gasteiger partial charge in [-0.05, 0) is 51.5 Å². The van der Waals surface area contributed by atoms with Crippen molar-refractivity contribution in [1.82, 2.24) is 19.4 Å². The second kappa shape index (κ2) is 8.34. The summed E-state index contributed by atoms with van der Waals surface area (Å²) in [4.78, 5) is 17.5. The van der Waals surface area contributed by atoms with Crippen LogP contribution in [0.25, 0.3) is 21.9 Å². The normalized spacial score (nSPS) is 11.8. The maximum absolute atomic E-state index is 12.7. The van der Waals surface area contributed by atoms with Crippen LogP contribution in [0.2, 0.25) is 0 Å². The average molecular weight is 403 g/mol. The van der Waals surface area contributed by atoms with Gasteiger partial charge < -0.3 is 14.5 Å². The van der Waals surface area contributed by atoms with E-state index in [1.165, 1.54) is 5.52 Å². The van der Waals surface area contributed by atoms with E-state index in [1.807, 2.05) is 30.3 Å². The lowest BCUT2D eigenvalue weighted by molar-refractivity contribution is -0.120. The van der Waals surface area contributed by atoms with E-state index < -0.39 is 0 Å². The number of benzene rings is 2. The van der Waals surface area contributed by atoms with Crippen LogP contribution in [-0.4, -0.2) is 26.6 Å². The van der Waals surface area contributed by atoms with Crippen LogP contribution in [0.5, 0.6) is 0 Å². The molecule has 0 unspecified atom stereocenters. The van der Waals surface area contributed by atoms with Crippen LogP contribution < -0.4 is 5.32 Å². The summed E-state index contributed by atoms with van der Waals surface area (Å²) in [6, 6.07) is 17.2. The number of carbonyl (C=O) groups is 1. The summed E-state index contributed by atoms with van der Waals surface area (Å²) in [6.07, 6.45) is 3.22. The van der Waals surface area contributed by atoms with E-state index >= 15 is 0 Å². The summed E-state index contributed by atoms with van der Waals surface area (Å²) in [5.74, 6) is 1.07. The number of amides is 1. The van der Waals surface area contributed by atoms with Crippen molar-refractivity contribution in [1.29, 1.82) is 0 Å². The van der Waals surface area contributed by atoms with Gasteiger partial charge in [-0.25, -0.2) is 4.98 Å². The smallest absolute Gasteiger partial charge is 0.224 e. The molecule has 2 heterocycles. The molecule has 5 nitrogen and oxygen atoms in total. The van der Waals surface area contributed by atoms with Gasteiger partial charge in [-0.3, -0.25) is 4.79 Å². The van der Waals surface area contributed by atoms with E-state index in [4.69, 9.17) is 4.98 Å². The Kier molecular flexibility index (Phi) is 5.62. The van der Waals surface area contributed by atoms with Gasteiger partial charge in [0, 0.05) is 42.1 Å². The van der Waals surface area contributed by atoms with Crippen LogP contribution in [0, 0.1) is 0 Å². The molecule has 0 saturated heterocycles. The quantitative estimate of drug-likeness (QED) is 0.470. The third kappa shape index (κ3) is 3.84. The van der Waals surface area contributed by atoms with Crippen molar-refractivity contribution >= 4 is 27.8 Å². The van der Waals surface area contributed by atoms with E-state index in [-0.39, 0.29) is 5.91 Å². The summed E-state index contributed by atoms with van der Waals surface area (Å²) in [5.41, 5.74) is 4.41. The molecule has 0 atom stereocenters. The number of nitrogens with one attached hydrogen (secondary N) is 1. The Hall–Kier alpha value is -3.08. The van der Waals surface area contributed by atoms with Gasteiger partial charge in [0.05, 0.1) is 17.5 Å². The first-order valence-corrected chi connectivity index (χ1v) is 10.8. The van der Waals surface area contributed by atoms with Crippen LogP contribution in [0.1, 0.15) is 51.2 Å². The Balaban J connectivity index is 1.45. The van der Waals surface area contributed by atoms with Gasteiger partial charge in [-0.15, -0.1) is 0 Å². The first kappa shape index (κ1) is 20.2. The topological polar surface area (TPSA) is 51.9 Å². The van der Waals surface area contributed by atoms with Gasteiger partial charge >= 0.3 is 0 Å². The van der Waals surface area contributed by atoms with Crippen molar-refractivity contribution in [3.05, 3.63) is 66.1 Å². The minimum absolute atomic E-state index is 0.0499. The molecule has 0 aliphatic heterocycles. The lowest BCUT2D eigenvalue weighted by atomic mass is 10.1. The van der Waals surface area contributed by atoms with Gasteiger partial charge in [0.15, 0.2) is 0 Å². The highest BCUT2D eigenvalue weighted by Crippen LogP contribution is 2.25. The summed E-state index contributed by atoms with van der Waals surface area (Å²) < 4.78 is 4.50. The maximum Gasteiger partial charge on any atom is 0.224 e. The van der Waals surface area contributed by atoms with Crippen molar-refractivity contribution in [2.24, 2.45) is 0 Å². The fourth-order valence-electron chi connectivity index (χ4n) is 4.24. The summed E-state index contributed by atoms with van der Waals surface area (Å²) in [7, 11) is 0. The van der Waals surface area contributed by atoms with Crippen molar-refractivity contribution < 1.29 is 4.79 Å². The highest BCUT2D eigenvalue weighted by molar-refractivity contribution is 5.89. The predicted molar refractivity (Wildman–Crippen MR) is 123 cm³/mol. The van der Waals surface area contributed by atoms with Gasteiger partial charge in [0.25, 0.3) is 0 Å². The molecule has 156 valence electrons. The molecule has 0 aliphatic rings. The minimum atomic E-state index is 0.0499. The number of carbonyl (C=O) groups excluding carboxylic acids is 1. The van der Waals surface area contributed by atoms with E-state index in [2.05, 4.69) is 66.5 Å². The molecular formula is C25H30N4O. The van der Waals surface area contributed by atoms with Crippen LogP contribution >= 0.6 is 0 Å². The molecule has 4 rings (SSSR count). The Morgan fingerprint density at radius 3 is 2.40 bits per heavy atom. The molecule has 5 heteroatoms. The lowest BCUT2D eigenvalue weighted by Crippen LogP contribution is -2.28. The number of imidazole rings is 1. The molecule has 1 amide bonds. The number of hydrogen-bond acceptors (Lipinski definition) is 2. The monoisotopic (exact) mass is 402 g/mol. The molecule has 30 heavy (non-hydrogen) atoms. The van der Waals surface area contributed by atoms with Crippen molar-refractivity contribution in [2.45, 2.75) is 52.6 Å². The second-order valence-corrected chi connectivity index (χ2v) is 8.43. The number of rotatable bonds is 7. The molecule has 1 N–H and O–H groups in total. The van der Waals surface area contributed by atoms with Gasteiger partial charge in [0.2, 0.25) is 5.91 Å². The molecule has 0 saturated carbocycles. The van der Waals surface area contributed by atoms with Crippen LogP contribution in [-0.2, 0) is 17.6 Å². The summed E-state index contributed by atoms with van der Waals surface area (Å²) >= 11 is 0. The Bertz CT molecular complexity index is 1180. The first-order valence-electron chi connectivity index (χ1n) is 10.8. The Morgan fingerprint density at radius 2 is 1.67 bits per heavy atom. The molecule has 0 fully saturated rings. The Labute approximate surface area is 177 Å². The highest BCUT2D eigenvalue weighted by Gasteiger charge is 2.15. The van der Waals surface area contributed by atoms with Crippen molar-refractivity contribution in [3.63, 3.8) is 0 Å². The zero-order valence-corrected chi connectivity index (χ0v) is 18.2. The highest BCUT2D eigenvalue weighted by atomic mass is 16.1. The average Bonchev–Trinajstić information content (AvgIpc) is 3.26. The number of hydrogen-bond donors (Lipinski definition) is 1. The van der Waals surface area contributed by atoms with Gasteiger partial charge in [0.1, 0.15) is 5.82 Å². The van der Waals surface area contributed by atoms with E-state index in [1.54, 1.807) is 0 Å². The van der Waals surface area contributed by atoms with Gasteiger partial charge in [-0.2, -0.15) is 0 Å². The summed E-state index contributed by atoms with van der Waals surface area (Å²) in [5, 5.41) is 4.25. The molecule has 0 bridgehead atoms. The predicted octanol–water partition coefficient (Wildman–Crippen LogP) is 5.05. The first-order chi connectivity index (χ1) is 14.5. The Morgan fingerprint density at radius 1 is 0.967 bits per heavy atom. The number of aromatic nitrogens is 3. The van der Waals surface area contributed by atoms with E-state index in [0.717, 1.165) is 27.8 Å². The standard InChI is InChI=1S/C25H30N4O/c1-17(2)28-16-19(20-9-5-7-11-22(20)28)15-25(30)26-14-13-24-27-21-10-6-8-12-23(21)29(24)18(3)4/h5-12,16-18H,13-15H2,1-4H3,(H,26,30). The minimum Gasteiger partial charge on any atom is -0.355 e. The second-order valence-electron chi connectivity index (χ2n) is 8.43. The molecule has 2 aromatic carbocycles. The van der Waals surface area contributed by atoms with Crippen molar-refractivity contribution in [3.8, 4) is 0 Å². The molecule has 0 radical (unpaired) electrons. The number of para-hydroxylation sites is 3. The van der Waals surface area contributed by atoms with Crippen LogP contribution in [0.3, 0.4) is 0 Å². The zero-order valence-electron chi connectivity index (χ0n) is 18.2. The molecule has 0 spiro atoms. The van der Waals surface area contributed by atoms with Crippen LogP contribution in [0.4, 0.5) is 0 Å². The third-order valence-electron chi connectivity index (χ3n) is 5.59. The number of fused-ring (bicyclic) bond motifs is 2. The molecular weight excluding hydrogens is 372 g/mol. The third-order valence-corrected chi connectivity index (χ3v) is 5.59. The lowest BCUT2D eigenvalue weighted by Gasteiger charge is -2.13. The van der Waals surface area contributed by atoms with Gasteiger partial charge in [-0.1, -0.05) is 30.3 Å². The van der Waals surface area contributed by atoms with E-state index in [9.17, 15) is 4.79 Å². The largest absolute Gasteiger partial charge is 0.355 e. The summed E-state index contributed by atoms with van der Waals surface area (Å²) in [6.45, 7) is 9.24. The fraction of sp³-hybridized carbons (Fsp3) is 0.360. The van der Waals surface area contributed by atoms with Crippen molar-refractivity contribution in [2.75, 3.05) is 6.54 Å². The maximum atomic E-state index is 12.7.